The second-order valence-corrected chi connectivity index (χ2v) is 8.46. The third-order valence-electron chi connectivity index (χ3n) is 5.27. The molecule has 1 atom stereocenters. The summed E-state index contributed by atoms with van der Waals surface area (Å²) in [5.74, 6) is 0.153. The van der Waals surface area contributed by atoms with Crippen LogP contribution < -0.4 is 10.1 Å². The highest BCUT2D eigenvalue weighted by molar-refractivity contribution is 6.35. The molecule has 0 radical (unpaired) electrons. The summed E-state index contributed by atoms with van der Waals surface area (Å²) < 4.78 is 5.73. The van der Waals surface area contributed by atoms with Crippen LogP contribution >= 0.6 is 23.2 Å². The highest BCUT2D eigenvalue weighted by Crippen LogP contribution is 2.24. The van der Waals surface area contributed by atoms with E-state index in [1.165, 1.54) is 10.5 Å². The molecule has 0 aromatic heterocycles. The van der Waals surface area contributed by atoms with Gasteiger partial charge in [-0.15, -0.1) is 0 Å². The molecule has 0 unspecified atom stereocenters. The Labute approximate surface area is 201 Å². The third-order valence-corrected chi connectivity index (χ3v) is 5.85. The molecule has 0 aliphatic rings. The van der Waals surface area contributed by atoms with E-state index in [1.807, 2.05) is 31.2 Å². The molecule has 2 rings (SSSR count). The molecule has 2 amide bonds. The molecule has 0 aliphatic carbocycles. The maximum absolute atomic E-state index is 13.2. The molecule has 2 aromatic rings. The summed E-state index contributed by atoms with van der Waals surface area (Å²) >= 11 is 12.4. The Kier molecular flexibility index (Phi) is 10.8. The lowest BCUT2D eigenvalue weighted by Gasteiger charge is -2.31. The van der Waals surface area contributed by atoms with Gasteiger partial charge >= 0.3 is 0 Å². The van der Waals surface area contributed by atoms with E-state index in [2.05, 4.69) is 19.2 Å². The van der Waals surface area contributed by atoms with E-state index in [-0.39, 0.29) is 25.0 Å². The first-order valence-electron chi connectivity index (χ1n) is 11.1. The summed E-state index contributed by atoms with van der Waals surface area (Å²) in [7, 11) is 0. The first-order valence-corrected chi connectivity index (χ1v) is 11.9. The number of hydrogen-bond acceptors (Lipinski definition) is 3. The number of benzene rings is 2. The number of nitrogens with zero attached hydrogens (tertiary/aromatic N) is 1. The molecule has 0 saturated carbocycles. The number of carbonyl (C=O) groups excluding carboxylic acids is 2. The highest BCUT2D eigenvalue weighted by atomic mass is 35.5. The Morgan fingerprint density at radius 1 is 1.06 bits per heavy atom. The molecule has 174 valence electrons. The van der Waals surface area contributed by atoms with Crippen molar-refractivity contribution in [2.75, 3.05) is 13.2 Å². The fourth-order valence-corrected chi connectivity index (χ4v) is 3.78. The summed E-state index contributed by atoms with van der Waals surface area (Å²) in [6.45, 7) is 6.62. The van der Waals surface area contributed by atoms with Crippen molar-refractivity contribution in [3.63, 3.8) is 0 Å². The predicted octanol–water partition coefficient (Wildman–Crippen LogP) is 5.66. The molecule has 5 nitrogen and oxygen atoms in total. The number of halogens is 2. The summed E-state index contributed by atoms with van der Waals surface area (Å²) in [5, 5.41) is 3.90. The van der Waals surface area contributed by atoms with Crippen LogP contribution in [-0.4, -0.2) is 35.9 Å². The van der Waals surface area contributed by atoms with Crippen LogP contribution in [0.25, 0.3) is 0 Å². The van der Waals surface area contributed by atoms with Crippen LogP contribution in [-0.2, 0) is 22.6 Å². The van der Waals surface area contributed by atoms with Crippen molar-refractivity contribution in [1.29, 1.82) is 0 Å². The van der Waals surface area contributed by atoms with E-state index in [4.69, 9.17) is 27.9 Å². The minimum atomic E-state index is -0.628. The summed E-state index contributed by atoms with van der Waals surface area (Å²) in [5.41, 5.74) is 1.91. The fraction of sp³-hybridized carbons (Fsp3) is 0.440. The van der Waals surface area contributed by atoms with Crippen LogP contribution in [0.2, 0.25) is 10.0 Å². The van der Waals surface area contributed by atoms with Crippen molar-refractivity contribution in [2.24, 2.45) is 0 Å². The lowest BCUT2D eigenvalue weighted by Crippen LogP contribution is -2.50. The second kappa shape index (κ2) is 13.3. The van der Waals surface area contributed by atoms with Gasteiger partial charge in [-0.2, -0.15) is 0 Å². The minimum Gasteiger partial charge on any atom is -0.484 e. The van der Waals surface area contributed by atoms with Crippen LogP contribution in [0.1, 0.15) is 51.2 Å². The average Bonchev–Trinajstić information content (AvgIpc) is 2.79. The number of amides is 2. The largest absolute Gasteiger partial charge is 0.484 e. The van der Waals surface area contributed by atoms with Crippen LogP contribution in [0.4, 0.5) is 0 Å². The monoisotopic (exact) mass is 478 g/mol. The summed E-state index contributed by atoms with van der Waals surface area (Å²) in [6, 6.07) is 12.1. The van der Waals surface area contributed by atoms with Gasteiger partial charge < -0.3 is 15.0 Å². The number of nitrogens with one attached hydrogen (secondary N) is 1. The summed E-state index contributed by atoms with van der Waals surface area (Å²) in [4.78, 5) is 27.6. The molecule has 0 bridgehead atoms. The zero-order chi connectivity index (χ0) is 23.5. The lowest BCUT2D eigenvalue weighted by molar-refractivity contribution is -0.143. The third kappa shape index (κ3) is 7.72. The topological polar surface area (TPSA) is 58.6 Å². The van der Waals surface area contributed by atoms with E-state index in [1.54, 1.807) is 18.2 Å². The van der Waals surface area contributed by atoms with E-state index < -0.39 is 6.04 Å². The maximum Gasteiger partial charge on any atom is 0.261 e. The number of rotatable bonds is 12. The Balaban J connectivity index is 2.19. The molecule has 1 N–H and O–H groups in total. The molecular weight excluding hydrogens is 447 g/mol. The number of hydrogen-bond donors (Lipinski definition) is 1. The Hall–Kier alpha value is -2.24. The molecule has 0 saturated heterocycles. The normalized spacial score (nSPS) is 11.7. The van der Waals surface area contributed by atoms with Gasteiger partial charge in [0.2, 0.25) is 5.91 Å². The number of aryl methyl sites for hydroxylation is 1. The highest BCUT2D eigenvalue weighted by Gasteiger charge is 2.29. The van der Waals surface area contributed by atoms with E-state index >= 15 is 0 Å². The van der Waals surface area contributed by atoms with Gasteiger partial charge in [0.25, 0.3) is 5.91 Å². The molecule has 7 heteroatoms. The van der Waals surface area contributed by atoms with Crippen LogP contribution in [0.15, 0.2) is 42.5 Å². The van der Waals surface area contributed by atoms with Gasteiger partial charge in [-0.05, 0) is 54.7 Å². The van der Waals surface area contributed by atoms with Gasteiger partial charge in [0.15, 0.2) is 6.61 Å². The Bertz CT molecular complexity index is 887. The van der Waals surface area contributed by atoms with E-state index in [0.29, 0.717) is 28.8 Å². The van der Waals surface area contributed by atoms with Crippen molar-refractivity contribution in [1.82, 2.24) is 10.2 Å². The number of unbranched alkanes of at least 4 members (excludes halogenated alkanes) is 1. The van der Waals surface area contributed by atoms with Gasteiger partial charge in [-0.1, -0.05) is 68.6 Å². The van der Waals surface area contributed by atoms with Crippen molar-refractivity contribution >= 4 is 35.0 Å². The average molecular weight is 479 g/mol. The van der Waals surface area contributed by atoms with Gasteiger partial charge in [-0.3, -0.25) is 9.59 Å². The molecule has 0 fully saturated rings. The molecule has 0 heterocycles. The first kappa shape index (κ1) is 26.0. The standard InChI is InChI=1S/C25H32Cl2N2O3/c1-4-7-14-28-25(31)23(6-3)29(16-19-10-11-20(26)15-22(19)27)24(30)17-32-21-12-8-18(5-2)9-13-21/h8-13,15,23H,4-7,14,16-17H2,1-3H3,(H,28,31)/t23-/m1/s1. The van der Waals surface area contributed by atoms with Crippen molar-refractivity contribution < 1.29 is 14.3 Å². The van der Waals surface area contributed by atoms with Crippen molar-refractivity contribution in [2.45, 2.75) is 59.0 Å². The number of carbonyl (C=O) groups is 2. The second-order valence-electron chi connectivity index (χ2n) is 7.61. The molecule has 32 heavy (non-hydrogen) atoms. The van der Waals surface area contributed by atoms with Gasteiger partial charge in [0.1, 0.15) is 11.8 Å². The maximum atomic E-state index is 13.2. The van der Waals surface area contributed by atoms with Crippen molar-refractivity contribution in [3.8, 4) is 5.75 Å². The van der Waals surface area contributed by atoms with Gasteiger partial charge in [0.05, 0.1) is 0 Å². The van der Waals surface area contributed by atoms with Gasteiger partial charge in [-0.25, -0.2) is 0 Å². The van der Waals surface area contributed by atoms with Crippen LogP contribution in [0, 0.1) is 0 Å². The minimum absolute atomic E-state index is 0.171. The van der Waals surface area contributed by atoms with Crippen LogP contribution in [0.5, 0.6) is 5.75 Å². The zero-order valence-electron chi connectivity index (χ0n) is 19.0. The molecule has 0 spiro atoms. The van der Waals surface area contributed by atoms with Crippen LogP contribution in [0.3, 0.4) is 0 Å². The van der Waals surface area contributed by atoms with E-state index in [9.17, 15) is 9.59 Å². The fourth-order valence-electron chi connectivity index (χ4n) is 3.31. The Morgan fingerprint density at radius 3 is 2.38 bits per heavy atom. The smallest absolute Gasteiger partial charge is 0.261 e. The Morgan fingerprint density at radius 2 is 1.78 bits per heavy atom. The predicted molar refractivity (Wildman–Crippen MR) is 130 cm³/mol. The van der Waals surface area contributed by atoms with Gasteiger partial charge in [0, 0.05) is 23.1 Å². The lowest BCUT2D eigenvalue weighted by atomic mass is 10.1. The van der Waals surface area contributed by atoms with Crippen molar-refractivity contribution in [3.05, 3.63) is 63.6 Å². The quantitative estimate of drug-likeness (QED) is 0.400. The SMILES string of the molecule is CCCCNC(=O)[C@@H](CC)N(Cc1ccc(Cl)cc1Cl)C(=O)COc1ccc(CC)cc1. The van der Waals surface area contributed by atoms with E-state index in [0.717, 1.165) is 24.8 Å². The molecular formula is C25H32Cl2N2O3. The number of ether oxygens (including phenoxy) is 1. The molecule has 0 aliphatic heterocycles. The zero-order valence-corrected chi connectivity index (χ0v) is 20.5. The summed E-state index contributed by atoms with van der Waals surface area (Å²) in [6.07, 6.45) is 3.26. The molecule has 2 aromatic carbocycles. The first-order chi connectivity index (χ1) is 15.4.